The summed E-state index contributed by atoms with van der Waals surface area (Å²) in [6.45, 7) is 2.50. The Bertz CT molecular complexity index is 582. The largest absolute Gasteiger partial charge is 0.457 e. The number of carbonyl (C=O) groups is 1. The maximum absolute atomic E-state index is 10.5. The molecule has 0 aliphatic heterocycles. The first-order valence-electron chi connectivity index (χ1n) is 6.25. The Morgan fingerprint density at radius 1 is 1.15 bits per heavy atom. The number of hydrogen-bond acceptors (Lipinski definition) is 3. The molecule has 2 aromatic rings. The molecular formula is C15H17N3O2. The highest BCUT2D eigenvalue weighted by atomic mass is 16.5. The van der Waals surface area contributed by atoms with Crippen molar-refractivity contribution in [2.24, 2.45) is 5.73 Å². The highest BCUT2D eigenvalue weighted by Gasteiger charge is 1.99. The van der Waals surface area contributed by atoms with Crippen LogP contribution in [0, 0.1) is 6.92 Å². The maximum Gasteiger partial charge on any atom is 0.326 e. The fourth-order valence-electron chi connectivity index (χ4n) is 1.69. The van der Waals surface area contributed by atoms with Gasteiger partial charge in [-0.25, -0.2) is 10.2 Å². The van der Waals surface area contributed by atoms with Crippen molar-refractivity contribution in [1.29, 1.82) is 0 Å². The van der Waals surface area contributed by atoms with E-state index in [9.17, 15) is 4.79 Å². The number of urea groups is 1. The van der Waals surface area contributed by atoms with E-state index in [4.69, 9.17) is 10.5 Å². The first-order valence-corrected chi connectivity index (χ1v) is 6.25. The van der Waals surface area contributed by atoms with E-state index in [1.54, 1.807) is 0 Å². The van der Waals surface area contributed by atoms with Gasteiger partial charge in [0, 0.05) is 6.54 Å². The summed E-state index contributed by atoms with van der Waals surface area (Å²) in [5, 5.41) is 0. The van der Waals surface area contributed by atoms with Crippen molar-refractivity contribution >= 4 is 6.03 Å². The third kappa shape index (κ3) is 4.29. The number of nitrogens with one attached hydrogen (secondary N) is 2. The molecule has 0 bridgehead atoms. The zero-order chi connectivity index (χ0) is 14.4. The predicted octanol–water partition coefficient (Wildman–Crippen LogP) is 2.46. The van der Waals surface area contributed by atoms with Crippen LogP contribution in [0.1, 0.15) is 11.1 Å². The van der Waals surface area contributed by atoms with Gasteiger partial charge in [0.2, 0.25) is 0 Å². The number of nitrogens with two attached hydrogens (primary N) is 1. The average Bonchev–Trinajstić information content (AvgIpc) is 2.41. The van der Waals surface area contributed by atoms with E-state index in [0.717, 1.165) is 17.1 Å². The van der Waals surface area contributed by atoms with Crippen LogP contribution < -0.4 is 21.3 Å². The standard InChI is InChI=1S/C15H17N3O2/c1-11-5-7-13(8-6-11)20-14-4-2-3-12(9-14)10-17-18-15(16)19/h2-9,17H,10H2,1H3,(H3,16,18,19). The van der Waals surface area contributed by atoms with Crippen LogP contribution >= 0.6 is 0 Å². The number of rotatable bonds is 5. The molecule has 0 aliphatic carbocycles. The normalized spacial score (nSPS) is 10.1. The molecular weight excluding hydrogens is 254 g/mol. The van der Waals surface area contributed by atoms with E-state index in [2.05, 4.69) is 10.9 Å². The number of ether oxygens (including phenoxy) is 1. The monoisotopic (exact) mass is 271 g/mol. The molecule has 0 aromatic heterocycles. The Labute approximate surface area is 117 Å². The topological polar surface area (TPSA) is 76.4 Å². The molecule has 0 unspecified atom stereocenters. The molecule has 5 nitrogen and oxygen atoms in total. The summed E-state index contributed by atoms with van der Waals surface area (Å²) in [4.78, 5) is 10.5. The van der Waals surface area contributed by atoms with Gasteiger partial charge in [-0.05, 0) is 36.8 Å². The lowest BCUT2D eigenvalue weighted by Gasteiger charge is -2.09. The Morgan fingerprint density at radius 3 is 2.60 bits per heavy atom. The van der Waals surface area contributed by atoms with Crippen LogP contribution in [0.25, 0.3) is 0 Å². The zero-order valence-electron chi connectivity index (χ0n) is 11.2. The molecule has 2 amide bonds. The van der Waals surface area contributed by atoms with Gasteiger partial charge in [0.1, 0.15) is 11.5 Å². The Kier molecular flexibility index (Phi) is 4.57. The molecule has 0 saturated carbocycles. The molecule has 2 rings (SSSR count). The van der Waals surface area contributed by atoms with Gasteiger partial charge < -0.3 is 10.5 Å². The van der Waals surface area contributed by atoms with Crippen LogP contribution in [0.2, 0.25) is 0 Å². The summed E-state index contributed by atoms with van der Waals surface area (Å²) < 4.78 is 5.76. The molecule has 104 valence electrons. The zero-order valence-corrected chi connectivity index (χ0v) is 11.2. The molecule has 4 N–H and O–H groups in total. The van der Waals surface area contributed by atoms with Crippen molar-refractivity contribution in [3.8, 4) is 11.5 Å². The minimum Gasteiger partial charge on any atom is -0.457 e. The summed E-state index contributed by atoms with van der Waals surface area (Å²) in [5.74, 6) is 1.53. The van der Waals surface area contributed by atoms with Crippen molar-refractivity contribution in [1.82, 2.24) is 10.9 Å². The number of hydrogen-bond donors (Lipinski definition) is 3. The van der Waals surface area contributed by atoms with E-state index in [-0.39, 0.29) is 0 Å². The molecule has 0 atom stereocenters. The van der Waals surface area contributed by atoms with Crippen LogP contribution in [-0.2, 0) is 6.54 Å². The summed E-state index contributed by atoms with van der Waals surface area (Å²) in [7, 11) is 0. The minimum atomic E-state index is -0.614. The quantitative estimate of drug-likeness (QED) is 0.731. The molecule has 0 radical (unpaired) electrons. The number of amides is 2. The smallest absolute Gasteiger partial charge is 0.326 e. The Balaban J connectivity index is 1.98. The van der Waals surface area contributed by atoms with Gasteiger partial charge in [-0.3, -0.25) is 5.43 Å². The van der Waals surface area contributed by atoms with E-state index < -0.39 is 6.03 Å². The van der Waals surface area contributed by atoms with Crippen LogP contribution in [0.15, 0.2) is 48.5 Å². The third-order valence-corrected chi connectivity index (χ3v) is 2.66. The highest BCUT2D eigenvalue weighted by molar-refractivity contribution is 5.70. The lowest BCUT2D eigenvalue weighted by molar-refractivity contribution is 0.244. The molecule has 0 fully saturated rings. The number of hydrazine groups is 1. The molecule has 0 aliphatic rings. The molecule has 0 saturated heterocycles. The molecule has 2 aromatic carbocycles. The van der Waals surface area contributed by atoms with Gasteiger partial charge in [-0.15, -0.1) is 0 Å². The molecule has 0 spiro atoms. The second-order valence-electron chi connectivity index (χ2n) is 4.41. The van der Waals surface area contributed by atoms with E-state index in [0.29, 0.717) is 6.54 Å². The number of carbonyl (C=O) groups excluding carboxylic acids is 1. The van der Waals surface area contributed by atoms with Crippen LogP contribution in [0.3, 0.4) is 0 Å². The highest BCUT2D eigenvalue weighted by Crippen LogP contribution is 2.22. The van der Waals surface area contributed by atoms with Gasteiger partial charge in [-0.2, -0.15) is 0 Å². The Hall–Kier alpha value is -2.53. The fraction of sp³-hybridized carbons (Fsp3) is 0.133. The predicted molar refractivity (Wildman–Crippen MR) is 77.3 cm³/mol. The number of aryl methyl sites for hydroxylation is 1. The van der Waals surface area contributed by atoms with E-state index >= 15 is 0 Å². The molecule has 5 heteroatoms. The van der Waals surface area contributed by atoms with Crippen molar-refractivity contribution in [2.45, 2.75) is 13.5 Å². The van der Waals surface area contributed by atoms with Gasteiger partial charge >= 0.3 is 6.03 Å². The number of primary amides is 1. The lowest BCUT2D eigenvalue weighted by Crippen LogP contribution is -2.40. The molecule has 0 heterocycles. The van der Waals surface area contributed by atoms with Crippen LogP contribution in [0.4, 0.5) is 4.79 Å². The summed E-state index contributed by atoms with van der Waals surface area (Å²) in [6, 6.07) is 14.8. The van der Waals surface area contributed by atoms with Gasteiger partial charge in [0.15, 0.2) is 0 Å². The first-order chi connectivity index (χ1) is 9.63. The summed E-state index contributed by atoms with van der Waals surface area (Å²) >= 11 is 0. The first kappa shape index (κ1) is 13.9. The maximum atomic E-state index is 10.5. The van der Waals surface area contributed by atoms with Gasteiger partial charge in [-0.1, -0.05) is 29.8 Å². The SMILES string of the molecule is Cc1ccc(Oc2cccc(CNNC(N)=O)c2)cc1. The lowest BCUT2D eigenvalue weighted by atomic mass is 10.2. The van der Waals surface area contributed by atoms with Crippen LogP contribution in [-0.4, -0.2) is 6.03 Å². The fourth-order valence-corrected chi connectivity index (χ4v) is 1.69. The van der Waals surface area contributed by atoms with Crippen LogP contribution in [0.5, 0.6) is 11.5 Å². The third-order valence-electron chi connectivity index (χ3n) is 2.66. The Morgan fingerprint density at radius 2 is 1.90 bits per heavy atom. The van der Waals surface area contributed by atoms with E-state index in [1.807, 2.05) is 55.5 Å². The minimum absolute atomic E-state index is 0.466. The van der Waals surface area contributed by atoms with Crippen molar-refractivity contribution < 1.29 is 9.53 Å². The van der Waals surface area contributed by atoms with Gasteiger partial charge in [0.05, 0.1) is 0 Å². The van der Waals surface area contributed by atoms with Crippen molar-refractivity contribution in [2.75, 3.05) is 0 Å². The van der Waals surface area contributed by atoms with Gasteiger partial charge in [0.25, 0.3) is 0 Å². The summed E-state index contributed by atoms with van der Waals surface area (Å²) in [5.41, 5.74) is 12.2. The molecule has 20 heavy (non-hydrogen) atoms. The number of benzene rings is 2. The van der Waals surface area contributed by atoms with Crippen molar-refractivity contribution in [3.05, 3.63) is 59.7 Å². The summed E-state index contributed by atoms with van der Waals surface area (Å²) in [6.07, 6.45) is 0. The van der Waals surface area contributed by atoms with E-state index in [1.165, 1.54) is 5.56 Å². The van der Waals surface area contributed by atoms with Crippen molar-refractivity contribution in [3.63, 3.8) is 0 Å². The second kappa shape index (κ2) is 6.58. The average molecular weight is 271 g/mol. The second-order valence-corrected chi connectivity index (χ2v) is 4.41.